The van der Waals surface area contributed by atoms with Gasteiger partial charge >= 0.3 is 5.97 Å². The molecule has 0 saturated carbocycles. The largest absolute Gasteiger partial charge is 0.460 e. The Morgan fingerprint density at radius 1 is 1.24 bits per heavy atom. The third-order valence-electron chi connectivity index (χ3n) is 1.95. The number of hydrogen-bond donors (Lipinski definition) is 0. The zero-order valence-corrected chi connectivity index (χ0v) is 10.4. The predicted octanol–water partition coefficient (Wildman–Crippen LogP) is 2.16. The second-order valence-electron chi connectivity index (χ2n) is 3.25. The van der Waals surface area contributed by atoms with Crippen molar-refractivity contribution in [3.05, 3.63) is 34.9 Å². The lowest BCUT2D eigenvalue weighted by Crippen LogP contribution is -2.12. The highest BCUT2D eigenvalue weighted by atomic mass is 35.5. The van der Waals surface area contributed by atoms with Crippen molar-refractivity contribution in [2.45, 2.75) is 0 Å². The zero-order valence-electron chi connectivity index (χ0n) is 9.65. The molecule has 0 bridgehead atoms. The SMILES string of the molecule is COCCOCCOC(=O)c1cccc(Cl)c1. The Balaban J connectivity index is 2.21. The molecule has 0 unspecified atom stereocenters. The van der Waals surface area contributed by atoms with E-state index in [4.69, 9.17) is 25.8 Å². The van der Waals surface area contributed by atoms with Gasteiger partial charge in [-0.1, -0.05) is 17.7 Å². The minimum atomic E-state index is -0.400. The Hall–Kier alpha value is -1.10. The van der Waals surface area contributed by atoms with Crippen LogP contribution in [0, 0.1) is 0 Å². The molecule has 0 aromatic heterocycles. The Kier molecular flexibility index (Phi) is 6.62. The van der Waals surface area contributed by atoms with Gasteiger partial charge < -0.3 is 14.2 Å². The van der Waals surface area contributed by atoms with E-state index in [9.17, 15) is 4.79 Å². The van der Waals surface area contributed by atoms with E-state index in [1.807, 2.05) is 0 Å². The molecule has 1 aromatic carbocycles. The van der Waals surface area contributed by atoms with Crippen molar-refractivity contribution in [1.29, 1.82) is 0 Å². The molecule has 4 nitrogen and oxygen atoms in total. The van der Waals surface area contributed by atoms with Crippen LogP contribution in [0.5, 0.6) is 0 Å². The van der Waals surface area contributed by atoms with Gasteiger partial charge in [-0.05, 0) is 18.2 Å². The van der Waals surface area contributed by atoms with Crippen LogP contribution in [0.15, 0.2) is 24.3 Å². The summed E-state index contributed by atoms with van der Waals surface area (Å²) in [5.74, 6) is -0.400. The van der Waals surface area contributed by atoms with Gasteiger partial charge in [0.25, 0.3) is 0 Å². The van der Waals surface area contributed by atoms with E-state index in [1.165, 1.54) is 0 Å². The fraction of sp³-hybridized carbons (Fsp3) is 0.417. The van der Waals surface area contributed by atoms with Gasteiger partial charge in [0, 0.05) is 12.1 Å². The van der Waals surface area contributed by atoms with Crippen LogP contribution in [-0.4, -0.2) is 39.5 Å². The van der Waals surface area contributed by atoms with Crippen molar-refractivity contribution in [2.24, 2.45) is 0 Å². The molecule has 0 amide bonds. The number of methoxy groups -OCH3 is 1. The molecule has 0 N–H and O–H groups in total. The molecule has 1 rings (SSSR count). The van der Waals surface area contributed by atoms with Crippen molar-refractivity contribution in [1.82, 2.24) is 0 Å². The maximum Gasteiger partial charge on any atom is 0.338 e. The summed E-state index contributed by atoms with van der Waals surface area (Å²) in [6.07, 6.45) is 0. The van der Waals surface area contributed by atoms with Crippen molar-refractivity contribution >= 4 is 17.6 Å². The van der Waals surface area contributed by atoms with Crippen molar-refractivity contribution in [2.75, 3.05) is 33.5 Å². The number of carbonyl (C=O) groups excluding carboxylic acids is 1. The maximum absolute atomic E-state index is 11.5. The fourth-order valence-electron chi connectivity index (χ4n) is 1.14. The average molecular weight is 259 g/mol. The highest BCUT2D eigenvalue weighted by molar-refractivity contribution is 6.30. The summed E-state index contributed by atoms with van der Waals surface area (Å²) in [7, 11) is 1.60. The van der Waals surface area contributed by atoms with E-state index in [2.05, 4.69) is 0 Å². The number of ether oxygens (including phenoxy) is 3. The van der Waals surface area contributed by atoms with Crippen LogP contribution in [0.3, 0.4) is 0 Å². The summed E-state index contributed by atoms with van der Waals surface area (Å²) >= 11 is 5.76. The van der Waals surface area contributed by atoms with Crippen LogP contribution in [0.4, 0.5) is 0 Å². The van der Waals surface area contributed by atoms with Crippen LogP contribution in [0.25, 0.3) is 0 Å². The van der Waals surface area contributed by atoms with Crippen LogP contribution < -0.4 is 0 Å². The molecule has 94 valence electrons. The zero-order chi connectivity index (χ0) is 12.5. The van der Waals surface area contributed by atoms with Crippen molar-refractivity contribution in [3.8, 4) is 0 Å². The summed E-state index contributed by atoms with van der Waals surface area (Å²) < 4.78 is 15.0. The van der Waals surface area contributed by atoms with Gasteiger partial charge in [0.1, 0.15) is 6.61 Å². The van der Waals surface area contributed by atoms with Crippen molar-refractivity contribution < 1.29 is 19.0 Å². The Morgan fingerprint density at radius 3 is 2.71 bits per heavy atom. The first-order valence-electron chi connectivity index (χ1n) is 5.23. The Labute approximate surface area is 105 Å². The molecule has 0 aliphatic heterocycles. The van der Waals surface area contributed by atoms with Gasteiger partial charge in [0.15, 0.2) is 0 Å². The van der Waals surface area contributed by atoms with Crippen molar-refractivity contribution in [3.63, 3.8) is 0 Å². The van der Waals surface area contributed by atoms with Gasteiger partial charge in [-0.2, -0.15) is 0 Å². The highest BCUT2D eigenvalue weighted by Crippen LogP contribution is 2.11. The summed E-state index contributed by atoms with van der Waals surface area (Å²) in [5.41, 5.74) is 0.439. The minimum Gasteiger partial charge on any atom is -0.460 e. The quantitative estimate of drug-likeness (QED) is 0.555. The first-order valence-corrected chi connectivity index (χ1v) is 5.61. The van der Waals surface area contributed by atoms with Gasteiger partial charge in [0.05, 0.1) is 25.4 Å². The standard InChI is InChI=1S/C12H15ClO4/c1-15-5-6-16-7-8-17-12(14)10-3-2-4-11(13)9-10/h2-4,9H,5-8H2,1H3. The third-order valence-corrected chi connectivity index (χ3v) is 2.19. The second kappa shape index (κ2) is 8.06. The van der Waals surface area contributed by atoms with Gasteiger partial charge in [-0.15, -0.1) is 0 Å². The Morgan fingerprint density at radius 2 is 2.00 bits per heavy atom. The van der Waals surface area contributed by atoms with Gasteiger partial charge in [0.2, 0.25) is 0 Å². The molecular formula is C12H15ClO4. The molecule has 0 aliphatic rings. The minimum absolute atomic E-state index is 0.217. The van der Waals surface area contributed by atoms with Crippen LogP contribution >= 0.6 is 11.6 Å². The molecule has 0 atom stereocenters. The number of hydrogen-bond acceptors (Lipinski definition) is 4. The molecule has 0 fully saturated rings. The Bertz CT molecular complexity index is 354. The molecule has 1 aromatic rings. The first kappa shape index (κ1) is 14.0. The molecule has 0 spiro atoms. The first-order chi connectivity index (χ1) is 8.24. The monoisotopic (exact) mass is 258 g/mol. The number of esters is 1. The van der Waals surface area contributed by atoms with E-state index >= 15 is 0 Å². The topological polar surface area (TPSA) is 44.8 Å². The summed E-state index contributed by atoms with van der Waals surface area (Å²) in [5, 5.41) is 0.510. The van der Waals surface area contributed by atoms with Crippen LogP contribution in [0.2, 0.25) is 5.02 Å². The van der Waals surface area contributed by atoms with Gasteiger partial charge in [-0.3, -0.25) is 0 Å². The lowest BCUT2D eigenvalue weighted by atomic mass is 10.2. The second-order valence-corrected chi connectivity index (χ2v) is 3.69. The van der Waals surface area contributed by atoms with E-state index < -0.39 is 5.97 Å². The smallest absolute Gasteiger partial charge is 0.338 e. The van der Waals surface area contributed by atoms with Crippen LogP contribution in [0.1, 0.15) is 10.4 Å². The highest BCUT2D eigenvalue weighted by Gasteiger charge is 2.06. The lowest BCUT2D eigenvalue weighted by Gasteiger charge is -2.06. The molecular weight excluding hydrogens is 244 g/mol. The van der Waals surface area contributed by atoms with E-state index in [1.54, 1.807) is 31.4 Å². The number of carbonyl (C=O) groups is 1. The third kappa shape index (κ3) is 5.68. The fourth-order valence-corrected chi connectivity index (χ4v) is 1.33. The van der Waals surface area contributed by atoms with Gasteiger partial charge in [-0.25, -0.2) is 4.79 Å². The molecule has 5 heteroatoms. The average Bonchev–Trinajstić information content (AvgIpc) is 2.33. The number of benzene rings is 1. The molecule has 0 heterocycles. The molecule has 0 aliphatic carbocycles. The summed E-state index contributed by atoms with van der Waals surface area (Å²) in [4.78, 5) is 11.5. The molecule has 17 heavy (non-hydrogen) atoms. The van der Waals surface area contributed by atoms with E-state index in [0.29, 0.717) is 30.4 Å². The molecule has 0 radical (unpaired) electrons. The summed E-state index contributed by atoms with van der Waals surface area (Å²) in [6, 6.07) is 6.62. The predicted molar refractivity (Wildman–Crippen MR) is 64.4 cm³/mol. The number of halogens is 1. The van der Waals surface area contributed by atoms with E-state index in [-0.39, 0.29) is 6.61 Å². The molecule has 0 saturated heterocycles. The summed E-state index contributed by atoms with van der Waals surface area (Å²) in [6.45, 7) is 1.60. The maximum atomic E-state index is 11.5. The van der Waals surface area contributed by atoms with E-state index in [0.717, 1.165) is 0 Å². The normalized spacial score (nSPS) is 10.2. The lowest BCUT2D eigenvalue weighted by molar-refractivity contribution is 0.0214. The number of rotatable bonds is 7. The van der Waals surface area contributed by atoms with Crippen LogP contribution in [-0.2, 0) is 14.2 Å².